The zero-order chi connectivity index (χ0) is 54.6. The van der Waals surface area contributed by atoms with Gasteiger partial charge in [0.05, 0.1) is 0 Å². The fourth-order valence-electron chi connectivity index (χ4n) is 12.0. The second-order valence-corrected chi connectivity index (χ2v) is 36.8. The van der Waals surface area contributed by atoms with E-state index in [2.05, 4.69) is 242 Å². The van der Waals surface area contributed by atoms with Crippen molar-refractivity contribution in [2.75, 3.05) is 0 Å². The number of rotatable bonds is 8. The molecule has 0 saturated heterocycles. The Morgan fingerprint density at radius 1 is 0.372 bits per heavy atom. The molecule has 0 radical (unpaired) electrons. The molecule has 8 aromatic carbocycles. The first-order valence-corrected chi connectivity index (χ1v) is 35.5. The molecule has 2 saturated carbocycles. The fraction of sp³-hybridized carbons (Fsp3) is 0.432. The van der Waals surface area contributed by atoms with Crippen LogP contribution in [0.3, 0.4) is 0 Å². The first-order chi connectivity index (χ1) is 35.9. The van der Waals surface area contributed by atoms with Gasteiger partial charge in [-0.25, -0.2) is 0 Å². The molecule has 2 aliphatic rings. The van der Waals surface area contributed by atoms with Gasteiger partial charge in [-0.05, 0) is 79.7 Å². The van der Waals surface area contributed by atoms with Crippen LogP contribution in [0.25, 0.3) is 66.1 Å². The van der Waals surface area contributed by atoms with Gasteiger partial charge in [-0.1, -0.05) is 302 Å². The molecule has 0 spiro atoms. The van der Waals surface area contributed by atoms with Crippen molar-refractivity contribution in [2.45, 2.75) is 195 Å². The Bertz CT molecular complexity index is 2770. The average molecular weight is 1170 g/mol. The molecule has 412 valence electrons. The van der Waals surface area contributed by atoms with E-state index in [9.17, 15) is 0 Å². The van der Waals surface area contributed by atoms with Crippen LogP contribution in [0, 0.1) is 11.8 Å². The van der Waals surface area contributed by atoms with Crippen LogP contribution < -0.4 is 24.8 Å². The van der Waals surface area contributed by atoms with Gasteiger partial charge >= 0.3 is 41.9 Å². The number of hydrogen-bond donors (Lipinski definition) is 0. The molecular formula is C74H92Cl2SiZr-2. The van der Waals surface area contributed by atoms with Crippen molar-refractivity contribution >= 4 is 27.0 Å². The summed E-state index contributed by atoms with van der Waals surface area (Å²) in [5.41, 5.74) is 20.2. The van der Waals surface area contributed by atoms with Crippen molar-refractivity contribution in [2.24, 2.45) is 11.8 Å². The van der Waals surface area contributed by atoms with Crippen LogP contribution in [0.4, 0.5) is 0 Å². The maximum Gasteiger partial charge on any atom is -1.00 e. The van der Waals surface area contributed by atoms with Gasteiger partial charge in [0, 0.05) is 0 Å². The maximum atomic E-state index is 2.50. The zero-order valence-corrected chi connectivity index (χ0v) is 55.2. The Labute approximate surface area is 501 Å². The minimum Gasteiger partial charge on any atom is -1.00 e. The maximum absolute atomic E-state index is 2.50. The van der Waals surface area contributed by atoms with Gasteiger partial charge < -0.3 is 24.8 Å². The predicted octanol–water partition coefficient (Wildman–Crippen LogP) is 16.0. The summed E-state index contributed by atoms with van der Waals surface area (Å²) < 4.78 is 0. The molecule has 0 atom stereocenters. The summed E-state index contributed by atoms with van der Waals surface area (Å²) in [4.78, 5) is 0. The van der Waals surface area contributed by atoms with Crippen LogP contribution >= 0.6 is 0 Å². The van der Waals surface area contributed by atoms with Crippen LogP contribution in [-0.4, -0.2) is 5.43 Å². The second kappa shape index (κ2) is 26.9. The predicted molar refractivity (Wildman–Crippen MR) is 334 cm³/mol. The minimum absolute atomic E-state index is 0. The molecule has 0 nitrogen and oxygen atoms in total. The van der Waals surface area contributed by atoms with Crippen LogP contribution in [0.2, 0.25) is 13.1 Å². The summed E-state index contributed by atoms with van der Waals surface area (Å²) in [5.74, 6) is 1.69. The Balaban J connectivity index is 0.000000231. The molecule has 0 unspecified atom stereocenters. The van der Waals surface area contributed by atoms with Gasteiger partial charge in [0.15, 0.2) is 0 Å². The third-order valence-corrected chi connectivity index (χ3v) is 16.6. The van der Waals surface area contributed by atoms with Gasteiger partial charge in [-0.2, -0.15) is 12.1 Å². The van der Waals surface area contributed by atoms with Gasteiger partial charge in [-0.15, -0.1) is 44.8 Å². The molecule has 4 heteroatoms. The molecule has 0 heterocycles. The van der Waals surface area contributed by atoms with E-state index in [-0.39, 0.29) is 51.9 Å². The second-order valence-electron chi connectivity index (χ2n) is 27.4. The van der Waals surface area contributed by atoms with Gasteiger partial charge in [0.25, 0.3) is 0 Å². The zero-order valence-electron chi connectivity index (χ0n) is 50.3. The number of hydrogen-bond acceptors (Lipinski definition) is 0. The van der Waals surface area contributed by atoms with E-state index in [0.717, 1.165) is 11.8 Å². The van der Waals surface area contributed by atoms with E-state index in [1.807, 2.05) is 0 Å². The van der Waals surface area contributed by atoms with E-state index >= 15 is 0 Å². The number of benzene rings is 6. The molecule has 0 aromatic heterocycles. The Morgan fingerprint density at radius 3 is 0.846 bits per heavy atom. The molecule has 8 aromatic rings. The van der Waals surface area contributed by atoms with E-state index in [4.69, 9.17) is 0 Å². The summed E-state index contributed by atoms with van der Waals surface area (Å²) in [6.45, 7) is 32.1. The van der Waals surface area contributed by atoms with Crippen molar-refractivity contribution in [1.29, 1.82) is 0 Å². The van der Waals surface area contributed by atoms with Crippen molar-refractivity contribution in [3.63, 3.8) is 0 Å². The monoisotopic (exact) mass is 1170 g/mol. The quantitative estimate of drug-likeness (QED) is 0.105. The normalized spacial score (nSPS) is 14.7. The summed E-state index contributed by atoms with van der Waals surface area (Å²) in [7, 11) is 0. The SMILES string of the molecule is CC(C)(C)c1ccc(-c2ccc(-c3ccc(C(C)(C)C)cc3)c3[cH-]c(CC4CCCCC4)cc23)cc1.CC(C)(C)c1ccc(-c2ccc(-c3ccc(C(C)(C)C)cc3)c3[cH-]c(CC4CCCCC4)cc23)cc1.C[Si](C)=[Zr+2].[Cl-].[Cl-]. The first-order valence-electron chi connectivity index (χ1n) is 29.3. The molecule has 0 aliphatic heterocycles. The topological polar surface area (TPSA) is 0 Å². The summed E-state index contributed by atoms with van der Waals surface area (Å²) >= 11 is 1.74. The smallest absolute Gasteiger partial charge is 1.00 e. The van der Waals surface area contributed by atoms with E-state index < -0.39 is 0 Å². The van der Waals surface area contributed by atoms with E-state index in [1.54, 1.807) is 23.3 Å². The van der Waals surface area contributed by atoms with Crippen molar-refractivity contribution in [3.05, 3.63) is 179 Å². The largest absolute Gasteiger partial charge is 1.00 e. The molecule has 78 heavy (non-hydrogen) atoms. The Kier molecular flexibility index (Phi) is 21.8. The third kappa shape index (κ3) is 16.2. The molecule has 2 aliphatic carbocycles. The molecule has 10 rings (SSSR count). The van der Waals surface area contributed by atoms with Crippen molar-refractivity contribution < 1.29 is 48.1 Å². The van der Waals surface area contributed by atoms with Crippen molar-refractivity contribution in [1.82, 2.24) is 0 Å². The molecule has 0 bridgehead atoms. The Morgan fingerprint density at radius 2 is 0.603 bits per heavy atom. The van der Waals surface area contributed by atoms with Gasteiger partial charge in [-0.3, -0.25) is 0 Å². The molecule has 2 fully saturated rings. The van der Waals surface area contributed by atoms with Crippen molar-refractivity contribution in [3.8, 4) is 44.5 Å². The standard InChI is InChI=1S/2C36H43.C2H6Si.2ClH.Zr/c2*1-35(2,3)29-16-12-27(13-17-29)31-20-21-32(28-14-18-30(19-15-28)36(4,5)6)34-24-26(23-33(31)34)22-25-10-8-7-9-11-25;1-3-2;;;/h2*12-21,23-25H,7-11,22H2,1-6H3;1-2H3;2*1H;/q2*-1;;;;+2/p-2. The summed E-state index contributed by atoms with van der Waals surface area (Å²) in [6, 6.07) is 56.5. The first kappa shape index (κ1) is 63.4. The summed E-state index contributed by atoms with van der Waals surface area (Å²) in [5, 5.41) is 5.62. The fourth-order valence-corrected chi connectivity index (χ4v) is 12.0. The minimum atomic E-state index is 0. The third-order valence-electron chi connectivity index (χ3n) is 16.6. The van der Waals surface area contributed by atoms with Crippen LogP contribution in [-0.2, 0) is 57.8 Å². The van der Waals surface area contributed by atoms with Gasteiger partial charge in [0.2, 0.25) is 0 Å². The number of halogens is 2. The van der Waals surface area contributed by atoms with Crippen LogP contribution in [0.1, 0.15) is 181 Å². The molecule has 0 N–H and O–H groups in total. The summed E-state index contributed by atoms with van der Waals surface area (Å²) in [6.07, 6.45) is 16.5. The Hall–Kier alpha value is -3.78. The molecule has 0 amide bonds. The number of fused-ring (bicyclic) bond motifs is 2. The van der Waals surface area contributed by atoms with Crippen LogP contribution in [0.5, 0.6) is 0 Å². The average Bonchev–Trinajstić information content (AvgIpc) is 4.00. The van der Waals surface area contributed by atoms with Gasteiger partial charge in [0.1, 0.15) is 0 Å². The van der Waals surface area contributed by atoms with Crippen LogP contribution in [0.15, 0.2) is 146 Å². The van der Waals surface area contributed by atoms with E-state index in [1.165, 1.54) is 176 Å². The molecular weight excluding hydrogens is 1080 g/mol. The van der Waals surface area contributed by atoms with E-state index in [0.29, 0.717) is 0 Å².